The fraction of sp³-hybridized carbons (Fsp3) is 0.581. The van der Waals surface area contributed by atoms with Gasteiger partial charge in [-0.15, -0.1) is 0 Å². The summed E-state index contributed by atoms with van der Waals surface area (Å²) in [6.07, 6.45) is 9.66. The van der Waals surface area contributed by atoms with E-state index in [2.05, 4.69) is 16.8 Å². The topological polar surface area (TPSA) is 78.5 Å². The van der Waals surface area contributed by atoms with Gasteiger partial charge in [0.1, 0.15) is 11.6 Å². The molecular formula is C31H41N5O4. The number of benzene rings is 1. The number of carbonyl (C=O) groups is 2. The van der Waals surface area contributed by atoms with Crippen molar-refractivity contribution < 1.29 is 19.1 Å². The van der Waals surface area contributed by atoms with Crippen molar-refractivity contribution in [2.75, 3.05) is 50.8 Å². The Kier molecular flexibility index (Phi) is 7.68. The van der Waals surface area contributed by atoms with Crippen LogP contribution >= 0.6 is 0 Å². The molecule has 0 bridgehead atoms. The van der Waals surface area contributed by atoms with Crippen LogP contribution in [-0.4, -0.2) is 79.7 Å². The number of hydrogen-bond acceptors (Lipinski definition) is 7. The molecular weight excluding hydrogens is 506 g/mol. The van der Waals surface area contributed by atoms with Crippen LogP contribution in [0.5, 0.6) is 5.75 Å². The van der Waals surface area contributed by atoms with Gasteiger partial charge >= 0.3 is 0 Å². The van der Waals surface area contributed by atoms with E-state index in [0.29, 0.717) is 24.9 Å². The van der Waals surface area contributed by atoms with E-state index in [1.54, 1.807) is 12.0 Å². The van der Waals surface area contributed by atoms with Crippen LogP contribution in [0, 0.1) is 5.92 Å². The van der Waals surface area contributed by atoms with E-state index in [-0.39, 0.29) is 17.9 Å². The first kappa shape index (κ1) is 27.0. The van der Waals surface area contributed by atoms with Crippen molar-refractivity contribution in [1.82, 2.24) is 14.8 Å². The van der Waals surface area contributed by atoms with Crippen LogP contribution in [-0.2, 0) is 20.7 Å². The maximum Gasteiger partial charge on any atom is 0.237 e. The normalized spacial score (nSPS) is 25.6. The second-order valence-electron chi connectivity index (χ2n) is 12.0. The highest BCUT2D eigenvalue weighted by Crippen LogP contribution is 2.40. The summed E-state index contributed by atoms with van der Waals surface area (Å²) >= 11 is 0. The molecule has 6 rings (SSSR count). The smallest absolute Gasteiger partial charge is 0.237 e. The van der Waals surface area contributed by atoms with Gasteiger partial charge in [0.05, 0.1) is 44.7 Å². The minimum atomic E-state index is -0.460. The molecule has 9 heteroatoms. The Bertz CT molecular complexity index is 1220. The molecule has 3 fully saturated rings. The summed E-state index contributed by atoms with van der Waals surface area (Å²) in [7, 11) is 5.63. The molecule has 1 atom stereocenters. The average Bonchev–Trinajstić information content (AvgIpc) is 3.28. The Labute approximate surface area is 237 Å². The average molecular weight is 548 g/mol. The maximum absolute atomic E-state index is 13.4. The molecule has 2 aliphatic heterocycles. The summed E-state index contributed by atoms with van der Waals surface area (Å²) in [4.78, 5) is 38.3. The molecule has 4 aliphatic rings. The number of hydrogen-bond donors (Lipinski definition) is 0. The number of anilines is 2. The highest BCUT2D eigenvalue weighted by atomic mass is 16.5. The zero-order chi connectivity index (χ0) is 27.8. The lowest BCUT2D eigenvalue weighted by Crippen LogP contribution is -2.44. The van der Waals surface area contributed by atoms with Gasteiger partial charge in [0.25, 0.3) is 0 Å². The van der Waals surface area contributed by atoms with E-state index in [9.17, 15) is 9.59 Å². The van der Waals surface area contributed by atoms with Crippen molar-refractivity contribution in [2.45, 2.75) is 69.7 Å². The van der Waals surface area contributed by atoms with E-state index in [4.69, 9.17) is 14.5 Å². The lowest BCUT2D eigenvalue weighted by molar-refractivity contribution is -0.126. The van der Waals surface area contributed by atoms with Gasteiger partial charge in [0.15, 0.2) is 6.23 Å². The van der Waals surface area contributed by atoms with Gasteiger partial charge in [-0.25, -0.2) is 4.98 Å². The molecule has 1 aromatic carbocycles. The first-order chi connectivity index (χ1) is 19.4. The Hall–Kier alpha value is -3.17. The largest absolute Gasteiger partial charge is 0.497 e. The quantitative estimate of drug-likeness (QED) is 0.495. The third kappa shape index (κ3) is 5.41. The number of likely N-dealkylation sites (N-methyl/N-ethyl adjacent to an activating group) is 1. The number of carbonyl (C=O) groups excluding carboxylic acids is 2. The Morgan fingerprint density at radius 1 is 1.02 bits per heavy atom. The summed E-state index contributed by atoms with van der Waals surface area (Å²) in [5, 5.41) is 0. The van der Waals surface area contributed by atoms with Gasteiger partial charge in [0, 0.05) is 32.2 Å². The second kappa shape index (κ2) is 11.4. The molecule has 214 valence electrons. The Morgan fingerprint density at radius 2 is 1.82 bits per heavy atom. The molecule has 2 aromatic rings. The lowest BCUT2D eigenvalue weighted by atomic mass is 9.85. The number of ether oxygens (including phenoxy) is 2. The van der Waals surface area contributed by atoms with Crippen molar-refractivity contribution in [3.63, 3.8) is 0 Å². The number of fused-ring (bicyclic) bond motifs is 1. The molecule has 1 aromatic heterocycles. The maximum atomic E-state index is 13.4. The molecule has 2 amide bonds. The zero-order valence-corrected chi connectivity index (χ0v) is 23.9. The third-order valence-corrected chi connectivity index (χ3v) is 9.26. The Morgan fingerprint density at radius 3 is 2.45 bits per heavy atom. The SMILES string of the molecule is COc1ccc2c(c1)CC(=O)N(c1ccc(N(C)CC3CCC(N4CC(=O)N(C)C4)CC3)nc1)C2OC1CCC1. The van der Waals surface area contributed by atoms with Crippen LogP contribution in [0.3, 0.4) is 0 Å². The van der Waals surface area contributed by atoms with Crippen molar-refractivity contribution in [1.29, 1.82) is 0 Å². The number of nitrogens with zero attached hydrogens (tertiary/aromatic N) is 5. The summed E-state index contributed by atoms with van der Waals surface area (Å²) in [5.74, 6) is 2.51. The van der Waals surface area contributed by atoms with E-state index in [0.717, 1.165) is 80.1 Å². The van der Waals surface area contributed by atoms with E-state index in [1.165, 1.54) is 6.42 Å². The molecule has 1 unspecified atom stereocenters. The van der Waals surface area contributed by atoms with Gasteiger partial charge in [-0.3, -0.25) is 19.4 Å². The van der Waals surface area contributed by atoms with Crippen molar-refractivity contribution in [2.24, 2.45) is 5.92 Å². The van der Waals surface area contributed by atoms with Gasteiger partial charge < -0.3 is 19.3 Å². The molecule has 0 spiro atoms. The van der Waals surface area contributed by atoms with Gasteiger partial charge in [0.2, 0.25) is 11.8 Å². The minimum Gasteiger partial charge on any atom is -0.497 e. The predicted octanol–water partition coefficient (Wildman–Crippen LogP) is 3.97. The molecule has 9 nitrogen and oxygen atoms in total. The van der Waals surface area contributed by atoms with Crippen LogP contribution in [0.4, 0.5) is 11.5 Å². The summed E-state index contributed by atoms with van der Waals surface area (Å²) in [6, 6.07) is 10.5. The summed E-state index contributed by atoms with van der Waals surface area (Å²) in [6.45, 7) is 2.27. The van der Waals surface area contributed by atoms with Crippen LogP contribution < -0.4 is 14.5 Å². The highest BCUT2D eigenvalue weighted by molar-refractivity contribution is 5.97. The lowest BCUT2D eigenvalue weighted by Gasteiger charge is -2.40. The number of amides is 2. The molecule has 40 heavy (non-hydrogen) atoms. The Balaban J connectivity index is 1.11. The van der Waals surface area contributed by atoms with Crippen LogP contribution in [0.25, 0.3) is 0 Å². The number of pyridine rings is 1. The molecule has 0 N–H and O–H groups in total. The predicted molar refractivity (Wildman–Crippen MR) is 153 cm³/mol. The summed E-state index contributed by atoms with van der Waals surface area (Å²) in [5.41, 5.74) is 2.75. The fourth-order valence-electron chi connectivity index (χ4n) is 6.58. The van der Waals surface area contributed by atoms with Crippen molar-refractivity contribution in [3.8, 4) is 5.75 Å². The summed E-state index contributed by atoms with van der Waals surface area (Å²) < 4.78 is 11.9. The van der Waals surface area contributed by atoms with E-state index >= 15 is 0 Å². The first-order valence-electron chi connectivity index (χ1n) is 14.7. The molecule has 2 saturated carbocycles. The molecule has 3 heterocycles. The van der Waals surface area contributed by atoms with Gasteiger partial charge in [-0.1, -0.05) is 6.07 Å². The standard InChI is InChI=1S/C31H41N5O4/c1-33(18-21-7-9-23(10-8-21)35-19-30(38)34(2)20-35)28-14-11-24(17-32-28)36-29(37)16-22-15-26(39-3)12-13-27(22)31(36)40-25-5-4-6-25/h11-15,17,21,23,25,31H,4-10,16,18-20H2,1-3H3. The van der Waals surface area contributed by atoms with Gasteiger partial charge in [-0.2, -0.15) is 0 Å². The van der Waals surface area contributed by atoms with E-state index < -0.39 is 6.23 Å². The highest BCUT2D eigenvalue weighted by Gasteiger charge is 2.38. The minimum absolute atomic E-state index is 0.00985. The van der Waals surface area contributed by atoms with Crippen LogP contribution in [0.1, 0.15) is 62.3 Å². The third-order valence-electron chi connectivity index (χ3n) is 9.26. The van der Waals surface area contributed by atoms with Crippen molar-refractivity contribution in [3.05, 3.63) is 47.7 Å². The second-order valence-corrected chi connectivity index (χ2v) is 12.0. The fourth-order valence-corrected chi connectivity index (χ4v) is 6.58. The first-order valence-corrected chi connectivity index (χ1v) is 14.7. The number of aromatic nitrogens is 1. The number of rotatable bonds is 8. The van der Waals surface area contributed by atoms with Gasteiger partial charge in [-0.05, 0) is 80.7 Å². The number of methoxy groups -OCH3 is 1. The van der Waals surface area contributed by atoms with Crippen LogP contribution in [0.15, 0.2) is 36.5 Å². The van der Waals surface area contributed by atoms with Crippen molar-refractivity contribution >= 4 is 23.3 Å². The molecule has 2 aliphatic carbocycles. The molecule has 0 radical (unpaired) electrons. The monoisotopic (exact) mass is 547 g/mol. The van der Waals surface area contributed by atoms with E-state index in [1.807, 2.05) is 48.5 Å². The van der Waals surface area contributed by atoms with Crippen LogP contribution in [0.2, 0.25) is 0 Å². The molecule has 1 saturated heterocycles. The zero-order valence-electron chi connectivity index (χ0n) is 23.9.